The number of rotatable bonds is 12. The maximum atomic E-state index is 13.6. The van der Waals surface area contributed by atoms with Gasteiger partial charge in [-0.3, -0.25) is 9.59 Å². The second-order valence-electron chi connectivity index (χ2n) is 8.91. The van der Waals surface area contributed by atoms with E-state index in [4.69, 9.17) is 11.6 Å². The maximum Gasteiger partial charge on any atom is 0.243 e. The van der Waals surface area contributed by atoms with Gasteiger partial charge in [0.25, 0.3) is 0 Å². The lowest BCUT2D eigenvalue weighted by Gasteiger charge is -2.32. The van der Waals surface area contributed by atoms with E-state index in [1.165, 1.54) is 0 Å². The zero-order valence-corrected chi connectivity index (χ0v) is 21.9. The lowest BCUT2D eigenvalue weighted by molar-refractivity contribution is -0.141. The number of nitrogens with zero attached hydrogens (tertiary/aromatic N) is 1. The summed E-state index contributed by atoms with van der Waals surface area (Å²) < 4.78 is 0. The topological polar surface area (TPSA) is 49.4 Å². The van der Waals surface area contributed by atoms with E-state index >= 15 is 0 Å². The molecule has 1 atom stereocenters. The highest BCUT2D eigenvalue weighted by molar-refractivity contribution is 7.99. The summed E-state index contributed by atoms with van der Waals surface area (Å²) in [6, 6.07) is 26.7. The SMILES string of the molecule is CC(C)CNC(=O)[C@@H](Cc1ccccc1)N(Cc1cccc(Cl)c1)C(=O)CCSc1ccccc1. The van der Waals surface area contributed by atoms with Crippen LogP contribution in [0.1, 0.15) is 31.4 Å². The Bertz CT molecular complexity index is 1080. The van der Waals surface area contributed by atoms with Crippen molar-refractivity contribution in [2.24, 2.45) is 5.92 Å². The van der Waals surface area contributed by atoms with E-state index in [2.05, 4.69) is 19.2 Å². The van der Waals surface area contributed by atoms with Crippen LogP contribution in [0.3, 0.4) is 0 Å². The van der Waals surface area contributed by atoms with Crippen LogP contribution < -0.4 is 5.32 Å². The number of carbonyl (C=O) groups excluding carboxylic acids is 2. The van der Waals surface area contributed by atoms with E-state index in [9.17, 15) is 9.59 Å². The molecular formula is C29H33ClN2O2S. The monoisotopic (exact) mass is 508 g/mol. The van der Waals surface area contributed by atoms with Gasteiger partial charge in [-0.05, 0) is 41.3 Å². The van der Waals surface area contributed by atoms with Gasteiger partial charge in [-0.25, -0.2) is 0 Å². The molecule has 4 nitrogen and oxygen atoms in total. The smallest absolute Gasteiger partial charge is 0.243 e. The fourth-order valence-electron chi connectivity index (χ4n) is 3.73. The molecule has 3 aromatic carbocycles. The minimum absolute atomic E-state index is 0.0472. The summed E-state index contributed by atoms with van der Waals surface area (Å²) in [5.74, 6) is 0.777. The Morgan fingerprint density at radius 2 is 1.57 bits per heavy atom. The Balaban J connectivity index is 1.84. The Kier molecular flexibility index (Phi) is 10.7. The molecule has 0 aromatic heterocycles. The van der Waals surface area contributed by atoms with Gasteiger partial charge in [-0.1, -0.05) is 86.1 Å². The summed E-state index contributed by atoms with van der Waals surface area (Å²) in [5.41, 5.74) is 1.91. The molecule has 0 saturated heterocycles. The summed E-state index contributed by atoms with van der Waals surface area (Å²) >= 11 is 7.87. The van der Waals surface area contributed by atoms with Gasteiger partial charge in [-0.2, -0.15) is 0 Å². The molecule has 0 aliphatic rings. The van der Waals surface area contributed by atoms with Crippen molar-refractivity contribution in [3.05, 3.63) is 101 Å². The Hall–Kier alpha value is -2.76. The molecule has 1 N–H and O–H groups in total. The average molecular weight is 509 g/mol. The van der Waals surface area contributed by atoms with Gasteiger partial charge in [0, 0.05) is 41.6 Å². The summed E-state index contributed by atoms with van der Waals surface area (Å²) in [5, 5.41) is 3.66. The standard InChI is InChI=1S/C29H33ClN2O2S/c1-22(2)20-31-29(34)27(19-23-10-5-3-6-11-23)32(21-24-12-9-13-25(30)18-24)28(33)16-17-35-26-14-7-4-8-15-26/h3-15,18,22,27H,16-17,19-21H2,1-2H3,(H,31,34)/t27-/m1/s1. The maximum absolute atomic E-state index is 13.6. The van der Waals surface area contributed by atoms with Crippen molar-refractivity contribution in [3.63, 3.8) is 0 Å². The van der Waals surface area contributed by atoms with E-state index in [0.29, 0.717) is 42.6 Å². The molecule has 6 heteroatoms. The number of benzene rings is 3. The quantitative estimate of drug-likeness (QED) is 0.295. The molecule has 3 rings (SSSR count). The first-order chi connectivity index (χ1) is 16.9. The van der Waals surface area contributed by atoms with Crippen molar-refractivity contribution in [1.29, 1.82) is 0 Å². The van der Waals surface area contributed by atoms with E-state index in [1.807, 2.05) is 84.9 Å². The number of hydrogen-bond donors (Lipinski definition) is 1. The average Bonchev–Trinajstić information content (AvgIpc) is 2.86. The number of carbonyl (C=O) groups is 2. The fraction of sp³-hybridized carbons (Fsp3) is 0.310. The minimum atomic E-state index is -0.621. The molecule has 0 heterocycles. The van der Waals surface area contributed by atoms with Crippen LogP contribution in [0.25, 0.3) is 0 Å². The molecule has 184 valence electrons. The van der Waals surface area contributed by atoms with E-state index < -0.39 is 6.04 Å². The highest BCUT2D eigenvalue weighted by Crippen LogP contribution is 2.21. The summed E-state index contributed by atoms with van der Waals surface area (Å²) in [7, 11) is 0. The number of halogens is 1. The van der Waals surface area contributed by atoms with Gasteiger partial charge in [0.2, 0.25) is 11.8 Å². The van der Waals surface area contributed by atoms with Crippen LogP contribution in [0.2, 0.25) is 5.02 Å². The molecule has 0 fully saturated rings. The fourth-order valence-corrected chi connectivity index (χ4v) is 4.80. The normalized spacial score (nSPS) is 11.8. The van der Waals surface area contributed by atoms with Crippen LogP contribution in [-0.2, 0) is 22.6 Å². The van der Waals surface area contributed by atoms with Crippen molar-refractivity contribution in [2.75, 3.05) is 12.3 Å². The molecule has 3 aromatic rings. The molecule has 0 radical (unpaired) electrons. The Morgan fingerprint density at radius 3 is 2.23 bits per heavy atom. The zero-order chi connectivity index (χ0) is 25.0. The van der Waals surface area contributed by atoms with Gasteiger partial charge >= 0.3 is 0 Å². The second kappa shape index (κ2) is 14.0. The highest BCUT2D eigenvalue weighted by Gasteiger charge is 2.30. The van der Waals surface area contributed by atoms with Crippen molar-refractivity contribution in [2.45, 2.75) is 44.2 Å². The highest BCUT2D eigenvalue weighted by atomic mass is 35.5. The first-order valence-corrected chi connectivity index (χ1v) is 13.3. The summed E-state index contributed by atoms with van der Waals surface area (Å²) in [6.07, 6.45) is 0.784. The van der Waals surface area contributed by atoms with E-state index in [1.54, 1.807) is 16.7 Å². The lowest BCUT2D eigenvalue weighted by Crippen LogP contribution is -2.51. The summed E-state index contributed by atoms with van der Waals surface area (Å²) in [6.45, 7) is 5.00. The molecule has 0 aliphatic carbocycles. The molecule has 0 spiro atoms. The third-order valence-corrected chi connectivity index (χ3v) is 6.77. The van der Waals surface area contributed by atoms with Crippen molar-refractivity contribution >= 4 is 35.2 Å². The molecule has 35 heavy (non-hydrogen) atoms. The van der Waals surface area contributed by atoms with Crippen molar-refractivity contribution in [1.82, 2.24) is 10.2 Å². The lowest BCUT2D eigenvalue weighted by atomic mass is 10.0. The molecule has 0 saturated carbocycles. The van der Waals surface area contributed by atoms with E-state index in [0.717, 1.165) is 16.0 Å². The molecule has 0 aliphatic heterocycles. The van der Waals surface area contributed by atoms with Crippen LogP contribution in [-0.4, -0.2) is 35.1 Å². The first kappa shape index (κ1) is 26.8. The molecular weight excluding hydrogens is 476 g/mol. The predicted molar refractivity (Wildman–Crippen MR) is 146 cm³/mol. The third-order valence-electron chi connectivity index (χ3n) is 5.53. The largest absolute Gasteiger partial charge is 0.354 e. The minimum Gasteiger partial charge on any atom is -0.354 e. The number of amides is 2. The molecule has 0 unspecified atom stereocenters. The predicted octanol–water partition coefficient (Wildman–Crippen LogP) is 6.23. The summed E-state index contributed by atoms with van der Waals surface area (Å²) in [4.78, 5) is 29.9. The number of thioether (sulfide) groups is 1. The van der Waals surface area contributed by atoms with Gasteiger partial charge in [0.1, 0.15) is 6.04 Å². The third kappa shape index (κ3) is 9.08. The van der Waals surface area contributed by atoms with Crippen LogP contribution >= 0.6 is 23.4 Å². The Labute approximate surface area is 218 Å². The van der Waals surface area contributed by atoms with Gasteiger partial charge < -0.3 is 10.2 Å². The zero-order valence-electron chi connectivity index (χ0n) is 20.3. The van der Waals surface area contributed by atoms with Crippen LogP contribution in [0.5, 0.6) is 0 Å². The number of hydrogen-bond acceptors (Lipinski definition) is 3. The van der Waals surface area contributed by atoms with Crippen molar-refractivity contribution < 1.29 is 9.59 Å². The van der Waals surface area contributed by atoms with Crippen LogP contribution in [0, 0.1) is 5.92 Å². The van der Waals surface area contributed by atoms with E-state index in [-0.39, 0.29) is 11.8 Å². The van der Waals surface area contributed by atoms with Crippen LogP contribution in [0.4, 0.5) is 0 Å². The second-order valence-corrected chi connectivity index (χ2v) is 10.5. The Morgan fingerprint density at radius 1 is 0.914 bits per heavy atom. The first-order valence-electron chi connectivity index (χ1n) is 12.0. The van der Waals surface area contributed by atoms with Gasteiger partial charge in [-0.15, -0.1) is 11.8 Å². The molecule has 2 amide bonds. The van der Waals surface area contributed by atoms with Gasteiger partial charge in [0.05, 0.1) is 0 Å². The number of nitrogens with one attached hydrogen (secondary N) is 1. The van der Waals surface area contributed by atoms with Gasteiger partial charge in [0.15, 0.2) is 0 Å². The molecule has 0 bridgehead atoms. The van der Waals surface area contributed by atoms with Crippen molar-refractivity contribution in [3.8, 4) is 0 Å². The van der Waals surface area contributed by atoms with Crippen LogP contribution in [0.15, 0.2) is 89.8 Å².